The lowest BCUT2D eigenvalue weighted by Gasteiger charge is -2.40. The summed E-state index contributed by atoms with van der Waals surface area (Å²) in [6.45, 7) is 3.67. The molecule has 0 aromatic rings. The fraction of sp³-hybridized carbons (Fsp3) is 0.743. The molecule has 9 heteroatoms. The van der Waals surface area contributed by atoms with E-state index in [0.717, 1.165) is 83.5 Å². The Labute approximate surface area is 510 Å². The quantitative estimate of drug-likeness (QED) is 0.0261. The van der Waals surface area contributed by atoms with Crippen molar-refractivity contribution in [3.63, 3.8) is 0 Å². The fourth-order valence-corrected chi connectivity index (χ4v) is 10.4. The minimum absolute atomic E-state index is 0.193. The monoisotopic (exact) mass is 1160 g/mol. The highest BCUT2D eigenvalue weighted by atomic mass is 16.7. The van der Waals surface area contributed by atoms with E-state index in [4.69, 9.17) is 9.47 Å². The Hall–Kier alpha value is -3.15. The second-order valence-corrected chi connectivity index (χ2v) is 23.6. The molecule has 0 saturated carbocycles. The van der Waals surface area contributed by atoms with E-state index in [-0.39, 0.29) is 12.5 Å². The number of allylic oxidation sites excluding steroid dienone is 17. The lowest BCUT2D eigenvalue weighted by Crippen LogP contribution is -2.60. The van der Waals surface area contributed by atoms with E-state index in [9.17, 15) is 30.3 Å². The summed E-state index contributed by atoms with van der Waals surface area (Å²) in [5.74, 6) is -0.193. The van der Waals surface area contributed by atoms with Gasteiger partial charge in [0.1, 0.15) is 24.4 Å². The Morgan fingerprint density at radius 2 is 0.759 bits per heavy atom. The first-order chi connectivity index (χ1) is 40.8. The molecular weight excluding hydrogens is 1030 g/mol. The highest BCUT2D eigenvalue weighted by Crippen LogP contribution is 2.23. The van der Waals surface area contributed by atoms with Gasteiger partial charge in [0.15, 0.2) is 6.29 Å². The van der Waals surface area contributed by atoms with Crippen molar-refractivity contribution < 1.29 is 39.8 Å². The maximum Gasteiger partial charge on any atom is 0.220 e. The Bertz CT molecular complexity index is 1680. The minimum Gasteiger partial charge on any atom is -0.394 e. The van der Waals surface area contributed by atoms with Crippen LogP contribution in [0.2, 0.25) is 0 Å². The summed E-state index contributed by atoms with van der Waals surface area (Å²) in [5, 5.41) is 54.7. The second kappa shape index (κ2) is 61.9. The summed E-state index contributed by atoms with van der Waals surface area (Å²) in [7, 11) is 0. The average Bonchev–Trinajstić information content (AvgIpc) is 3.61. The van der Waals surface area contributed by atoms with Crippen molar-refractivity contribution in [2.24, 2.45) is 0 Å². The maximum absolute atomic E-state index is 13.1. The molecule has 1 aliphatic heterocycles. The van der Waals surface area contributed by atoms with Gasteiger partial charge in [0, 0.05) is 6.42 Å². The first-order valence-electron chi connectivity index (χ1n) is 34.6. The Morgan fingerprint density at radius 1 is 0.422 bits per heavy atom. The van der Waals surface area contributed by atoms with Crippen molar-refractivity contribution in [1.29, 1.82) is 0 Å². The van der Waals surface area contributed by atoms with Gasteiger partial charge in [-0.2, -0.15) is 0 Å². The highest BCUT2D eigenvalue weighted by Gasteiger charge is 2.44. The van der Waals surface area contributed by atoms with E-state index in [2.05, 4.69) is 116 Å². The second-order valence-electron chi connectivity index (χ2n) is 23.6. The number of aliphatic hydroxyl groups is 5. The molecule has 0 aromatic carbocycles. The number of rotatable bonds is 59. The predicted octanol–water partition coefficient (Wildman–Crippen LogP) is 18.9. The van der Waals surface area contributed by atoms with Crippen LogP contribution in [0.15, 0.2) is 109 Å². The van der Waals surface area contributed by atoms with Crippen LogP contribution in [0, 0.1) is 0 Å². The zero-order valence-corrected chi connectivity index (χ0v) is 53.4. The van der Waals surface area contributed by atoms with Gasteiger partial charge in [-0.05, 0) is 96.3 Å². The fourth-order valence-electron chi connectivity index (χ4n) is 10.4. The van der Waals surface area contributed by atoms with E-state index in [1.807, 2.05) is 6.08 Å². The molecule has 1 aliphatic rings. The number of amides is 1. The number of carbonyl (C=O) groups excluding carboxylic acids is 1. The third kappa shape index (κ3) is 50.7. The number of ether oxygens (including phenoxy) is 2. The molecule has 1 rings (SSSR count). The average molecular weight is 1160 g/mol. The molecule has 7 atom stereocenters. The Balaban J connectivity index is 2.18. The van der Waals surface area contributed by atoms with Gasteiger partial charge in [-0.1, -0.05) is 303 Å². The number of carbonyl (C=O) groups is 1. The molecule has 7 unspecified atom stereocenters. The lowest BCUT2D eigenvalue weighted by molar-refractivity contribution is -0.302. The smallest absolute Gasteiger partial charge is 0.220 e. The molecule has 0 radical (unpaired) electrons. The summed E-state index contributed by atoms with van der Waals surface area (Å²) in [5.41, 5.74) is 0. The standard InChI is InChI=1S/C74H129NO8/c1-3-5-7-9-11-13-15-17-19-21-23-25-27-29-31-32-33-34-35-36-38-40-42-44-46-48-50-52-54-56-58-60-62-64-70(78)75-67(66-82-74-73(81)72(80)71(79)69(65-76)83-74)68(77)63-61-59-57-55-53-51-49-47-45-43-41-39-37-30-28-26-24-22-20-18-16-14-12-10-8-6-4-2/h5,7,11,13,17,19,23,25,29,31,33-34,45,47,53,55,61,63,67-69,71-74,76-77,79-81H,3-4,6,8-10,12,14-16,18,20-22,24,26-28,30,32,35-44,46,48-52,54,56-60,62,64-66H2,1-2H3,(H,75,78)/b7-5-,13-11-,19-17-,25-23-,31-29-,34-33-,47-45+,55-53+,63-61+. The molecule has 1 amide bonds. The third-order valence-corrected chi connectivity index (χ3v) is 15.8. The molecule has 1 heterocycles. The molecule has 1 fully saturated rings. The van der Waals surface area contributed by atoms with Crippen LogP contribution in [0.3, 0.4) is 0 Å². The summed E-state index contributed by atoms with van der Waals surface area (Å²) in [6, 6.07) is -0.837. The van der Waals surface area contributed by atoms with Gasteiger partial charge in [0.2, 0.25) is 5.91 Å². The topological polar surface area (TPSA) is 149 Å². The van der Waals surface area contributed by atoms with Crippen LogP contribution < -0.4 is 5.32 Å². The van der Waals surface area contributed by atoms with Crippen molar-refractivity contribution in [3.8, 4) is 0 Å². The number of hydrogen-bond acceptors (Lipinski definition) is 8. The molecule has 0 aliphatic carbocycles. The van der Waals surface area contributed by atoms with Gasteiger partial charge < -0.3 is 40.3 Å². The van der Waals surface area contributed by atoms with E-state index in [0.29, 0.717) is 6.42 Å². The predicted molar refractivity (Wildman–Crippen MR) is 354 cm³/mol. The molecule has 0 bridgehead atoms. The SMILES string of the molecule is CC/C=C\C/C=C\C/C=C\C/C=C\C/C=C\C/C=C\CCCCCCCCCCCCCCCCC(=O)NC(COC1OC(CO)C(O)C(O)C1O)C(O)/C=C/CC/C=C/CC/C=C/CCCCCCCCCCCCCCCCCCC. The van der Waals surface area contributed by atoms with Crippen LogP contribution >= 0.6 is 0 Å². The van der Waals surface area contributed by atoms with Crippen molar-refractivity contribution in [2.45, 2.75) is 339 Å². The van der Waals surface area contributed by atoms with Gasteiger partial charge in [-0.25, -0.2) is 0 Å². The van der Waals surface area contributed by atoms with Crippen molar-refractivity contribution in [2.75, 3.05) is 13.2 Å². The molecule has 0 aromatic heterocycles. The van der Waals surface area contributed by atoms with Crippen LogP contribution in [0.1, 0.15) is 296 Å². The number of unbranched alkanes of at least 4 members (excludes halogenated alkanes) is 33. The molecule has 9 nitrogen and oxygen atoms in total. The normalized spacial score (nSPS) is 19.0. The number of aliphatic hydroxyl groups excluding tert-OH is 5. The molecule has 0 spiro atoms. The Kier molecular flexibility index (Phi) is 58.1. The molecular formula is C74H129NO8. The van der Waals surface area contributed by atoms with Crippen LogP contribution in [0.4, 0.5) is 0 Å². The summed E-state index contributed by atoms with van der Waals surface area (Å²) in [6.07, 6.45) is 84.7. The Morgan fingerprint density at radius 3 is 1.16 bits per heavy atom. The minimum atomic E-state index is -1.58. The molecule has 478 valence electrons. The van der Waals surface area contributed by atoms with Crippen molar-refractivity contribution >= 4 is 5.91 Å². The van der Waals surface area contributed by atoms with E-state index in [1.54, 1.807) is 6.08 Å². The zero-order chi connectivity index (χ0) is 60.0. The zero-order valence-electron chi connectivity index (χ0n) is 53.4. The molecule has 6 N–H and O–H groups in total. The summed E-state index contributed by atoms with van der Waals surface area (Å²) < 4.78 is 11.3. The molecule has 1 saturated heterocycles. The van der Waals surface area contributed by atoms with Gasteiger partial charge in [0.25, 0.3) is 0 Å². The van der Waals surface area contributed by atoms with Crippen LogP contribution in [0.25, 0.3) is 0 Å². The highest BCUT2D eigenvalue weighted by molar-refractivity contribution is 5.76. The number of nitrogens with one attached hydrogen (secondary N) is 1. The van der Waals surface area contributed by atoms with Crippen LogP contribution in [0.5, 0.6) is 0 Å². The van der Waals surface area contributed by atoms with E-state index < -0.39 is 49.5 Å². The maximum atomic E-state index is 13.1. The first kappa shape index (κ1) is 77.9. The number of hydrogen-bond donors (Lipinski definition) is 6. The van der Waals surface area contributed by atoms with Gasteiger partial charge in [0.05, 0.1) is 25.4 Å². The van der Waals surface area contributed by atoms with Crippen molar-refractivity contribution in [3.05, 3.63) is 109 Å². The third-order valence-electron chi connectivity index (χ3n) is 15.8. The summed E-state index contributed by atoms with van der Waals surface area (Å²) >= 11 is 0. The first-order valence-corrected chi connectivity index (χ1v) is 34.6. The van der Waals surface area contributed by atoms with Gasteiger partial charge in [-0.3, -0.25) is 4.79 Å². The van der Waals surface area contributed by atoms with E-state index in [1.165, 1.54) is 193 Å². The largest absolute Gasteiger partial charge is 0.394 e. The van der Waals surface area contributed by atoms with Gasteiger partial charge >= 0.3 is 0 Å². The summed E-state index contributed by atoms with van der Waals surface area (Å²) in [4.78, 5) is 13.1. The van der Waals surface area contributed by atoms with Gasteiger partial charge in [-0.15, -0.1) is 0 Å². The van der Waals surface area contributed by atoms with Crippen molar-refractivity contribution in [1.82, 2.24) is 5.32 Å². The van der Waals surface area contributed by atoms with Crippen LogP contribution in [-0.2, 0) is 14.3 Å². The lowest BCUT2D eigenvalue weighted by atomic mass is 9.99. The van der Waals surface area contributed by atoms with E-state index >= 15 is 0 Å². The molecule has 83 heavy (non-hydrogen) atoms. The van der Waals surface area contributed by atoms with Crippen LogP contribution in [-0.4, -0.2) is 87.5 Å².